The molecule has 0 amide bonds. The van der Waals surface area contributed by atoms with Crippen LogP contribution < -0.4 is 0 Å². The van der Waals surface area contributed by atoms with Crippen molar-refractivity contribution in [2.75, 3.05) is 0 Å². The van der Waals surface area contributed by atoms with E-state index in [9.17, 15) is 30.0 Å². The highest BCUT2D eigenvalue weighted by molar-refractivity contribution is 5.95. The summed E-state index contributed by atoms with van der Waals surface area (Å²) in [5.74, 6) is -2.28. The van der Waals surface area contributed by atoms with Gasteiger partial charge in [0.25, 0.3) is 0 Å². The maximum Gasteiger partial charge on any atom is 0.335 e. The lowest BCUT2D eigenvalue weighted by Crippen LogP contribution is -2.21. The van der Waals surface area contributed by atoms with Crippen molar-refractivity contribution < 1.29 is 30.0 Å². The monoisotopic (exact) mass is 647 g/mol. The Morgan fingerprint density at radius 2 is 0.696 bits per heavy atom. The van der Waals surface area contributed by atoms with Gasteiger partial charge in [-0.15, -0.1) is 0 Å². The van der Waals surface area contributed by atoms with E-state index in [2.05, 4.69) is 13.8 Å². The Hall–Kier alpha value is -1.92. The largest absolute Gasteiger partial charge is 0.478 e. The Bertz CT molecular complexity index is 840. The van der Waals surface area contributed by atoms with Gasteiger partial charge >= 0.3 is 11.9 Å². The third-order valence-electron chi connectivity index (χ3n) is 9.55. The number of unbranched alkanes of at least 4 members (excludes halogenated alkanes) is 22. The average Bonchev–Trinajstić information content (AvgIpc) is 3.02. The van der Waals surface area contributed by atoms with Gasteiger partial charge in [0.1, 0.15) is 0 Å². The molecule has 1 aromatic carbocycles. The summed E-state index contributed by atoms with van der Waals surface area (Å²) >= 11 is 0. The van der Waals surface area contributed by atoms with Crippen molar-refractivity contribution in [3.63, 3.8) is 0 Å². The molecule has 0 bridgehead atoms. The SMILES string of the molecule is CCCCCCCCCCCCCCC(O)Cc1c(C(=O)O)ccc(C(=O)O)c1CC(O)CCCCCCCCCCCCCC. The summed E-state index contributed by atoms with van der Waals surface area (Å²) < 4.78 is 0. The number of aliphatic hydroxyl groups is 2. The van der Waals surface area contributed by atoms with Crippen LogP contribution in [0.1, 0.15) is 213 Å². The maximum absolute atomic E-state index is 12.1. The predicted octanol–water partition coefficient (Wildman–Crippen LogP) is 11.1. The molecule has 1 aromatic rings. The highest BCUT2D eigenvalue weighted by atomic mass is 16.4. The number of rotatable bonds is 32. The Kier molecular flexibility index (Phi) is 25.7. The van der Waals surface area contributed by atoms with Gasteiger partial charge in [0.2, 0.25) is 0 Å². The topological polar surface area (TPSA) is 115 Å². The quantitative estimate of drug-likeness (QED) is 0.0579. The van der Waals surface area contributed by atoms with Crippen LogP contribution in [-0.4, -0.2) is 44.6 Å². The first-order chi connectivity index (χ1) is 22.3. The lowest BCUT2D eigenvalue weighted by Gasteiger charge is -2.20. The molecule has 0 radical (unpaired) electrons. The van der Waals surface area contributed by atoms with Gasteiger partial charge in [-0.3, -0.25) is 0 Å². The van der Waals surface area contributed by atoms with Crippen LogP contribution in [0.25, 0.3) is 0 Å². The van der Waals surface area contributed by atoms with Crippen LogP contribution in [0.4, 0.5) is 0 Å². The van der Waals surface area contributed by atoms with Gasteiger partial charge in [0.15, 0.2) is 0 Å². The summed E-state index contributed by atoms with van der Waals surface area (Å²) in [5, 5.41) is 41.5. The molecule has 266 valence electrons. The Morgan fingerprint density at radius 3 is 0.935 bits per heavy atom. The molecule has 4 N–H and O–H groups in total. The van der Waals surface area contributed by atoms with E-state index in [1.165, 1.54) is 128 Å². The Labute approximate surface area is 281 Å². The fraction of sp³-hybridized carbons (Fsp3) is 0.800. The van der Waals surface area contributed by atoms with Crippen molar-refractivity contribution in [2.45, 2.75) is 206 Å². The van der Waals surface area contributed by atoms with Crippen molar-refractivity contribution in [3.05, 3.63) is 34.4 Å². The average molecular weight is 647 g/mol. The minimum absolute atomic E-state index is 0.0197. The summed E-state index contributed by atoms with van der Waals surface area (Å²) in [7, 11) is 0. The second kappa shape index (κ2) is 28.1. The first-order valence-corrected chi connectivity index (χ1v) is 19.3. The van der Waals surface area contributed by atoms with Crippen LogP contribution in [0.3, 0.4) is 0 Å². The van der Waals surface area contributed by atoms with Gasteiger partial charge in [-0.1, -0.05) is 168 Å². The molecule has 46 heavy (non-hydrogen) atoms. The number of hydrogen-bond donors (Lipinski definition) is 4. The smallest absolute Gasteiger partial charge is 0.335 e. The van der Waals surface area contributed by atoms with E-state index in [-0.39, 0.29) is 24.0 Å². The van der Waals surface area contributed by atoms with Crippen LogP contribution in [0.5, 0.6) is 0 Å². The molecule has 0 aliphatic carbocycles. The molecule has 0 aliphatic heterocycles. The van der Waals surface area contributed by atoms with Crippen molar-refractivity contribution in [1.82, 2.24) is 0 Å². The molecule has 0 spiro atoms. The van der Waals surface area contributed by atoms with Crippen LogP contribution in [0, 0.1) is 0 Å². The molecule has 6 nitrogen and oxygen atoms in total. The summed E-state index contributed by atoms with van der Waals surface area (Å²) in [5.41, 5.74) is 0.748. The number of benzene rings is 1. The zero-order chi connectivity index (χ0) is 33.8. The van der Waals surface area contributed by atoms with E-state index >= 15 is 0 Å². The number of carboxylic acid groups (broad SMARTS) is 2. The molecule has 2 unspecified atom stereocenters. The molecule has 0 aliphatic rings. The summed E-state index contributed by atoms with van der Waals surface area (Å²) in [6.45, 7) is 4.49. The Morgan fingerprint density at radius 1 is 0.457 bits per heavy atom. The molecule has 2 atom stereocenters. The number of carbonyl (C=O) groups is 2. The van der Waals surface area contributed by atoms with Crippen LogP contribution in [-0.2, 0) is 12.8 Å². The highest BCUT2D eigenvalue weighted by Gasteiger charge is 2.24. The van der Waals surface area contributed by atoms with E-state index < -0.39 is 24.1 Å². The van der Waals surface area contributed by atoms with E-state index in [1.807, 2.05) is 0 Å². The fourth-order valence-corrected chi connectivity index (χ4v) is 6.68. The lowest BCUT2D eigenvalue weighted by molar-refractivity contribution is 0.0676. The van der Waals surface area contributed by atoms with Crippen LogP contribution in [0.2, 0.25) is 0 Å². The molecule has 0 fully saturated rings. The molecule has 6 heteroatoms. The molecular formula is C40H70O6. The Balaban J connectivity index is 2.51. The van der Waals surface area contributed by atoms with Gasteiger partial charge in [0, 0.05) is 0 Å². The molecule has 1 rings (SSSR count). The lowest BCUT2D eigenvalue weighted by atomic mass is 9.87. The van der Waals surface area contributed by atoms with E-state index in [0.29, 0.717) is 24.0 Å². The summed E-state index contributed by atoms with van der Waals surface area (Å²) in [4.78, 5) is 24.2. The van der Waals surface area contributed by atoms with Crippen LogP contribution >= 0.6 is 0 Å². The second-order valence-corrected chi connectivity index (χ2v) is 13.8. The van der Waals surface area contributed by atoms with E-state index in [4.69, 9.17) is 0 Å². The van der Waals surface area contributed by atoms with Crippen molar-refractivity contribution in [2.24, 2.45) is 0 Å². The maximum atomic E-state index is 12.1. The van der Waals surface area contributed by atoms with E-state index in [0.717, 1.165) is 38.5 Å². The van der Waals surface area contributed by atoms with E-state index in [1.54, 1.807) is 0 Å². The summed E-state index contributed by atoms with van der Waals surface area (Å²) in [6.07, 6.45) is 29.3. The second-order valence-electron chi connectivity index (χ2n) is 13.8. The third-order valence-corrected chi connectivity index (χ3v) is 9.55. The van der Waals surface area contributed by atoms with Crippen LogP contribution in [0.15, 0.2) is 12.1 Å². The number of carboxylic acids is 2. The van der Waals surface area contributed by atoms with Gasteiger partial charge in [-0.05, 0) is 48.9 Å². The van der Waals surface area contributed by atoms with Gasteiger partial charge in [0.05, 0.1) is 23.3 Å². The third kappa shape index (κ3) is 20.3. The molecule has 0 aromatic heterocycles. The summed E-state index contributed by atoms with van der Waals surface area (Å²) in [6, 6.07) is 2.66. The van der Waals surface area contributed by atoms with Crippen molar-refractivity contribution >= 4 is 11.9 Å². The zero-order valence-corrected chi connectivity index (χ0v) is 29.7. The molecular weight excluding hydrogens is 576 g/mol. The minimum Gasteiger partial charge on any atom is -0.478 e. The number of hydrogen-bond acceptors (Lipinski definition) is 4. The van der Waals surface area contributed by atoms with Crippen molar-refractivity contribution in [3.8, 4) is 0 Å². The first kappa shape index (κ1) is 42.1. The zero-order valence-electron chi connectivity index (χ0n) is 29.7. The minimum atomic E-state index is -1.14. The fourth-order valence-electron chi connectivity index (χ4n) is 6.68. The van der Waals surface area contributed by atoms with Gasteiger partial charge < -0.3 is 20.4 Å². The first-order valence-electron chi connectivity index (χ1n) is 19.3. The van der Waals surface area contributed by atoms with Gasteiger partial charge in [-0.25, -0.2) is 9.59 Å². The number of aliphatic hydroxyl groups excluding tert-OH is 2. The molecule has 0 saturated carbocycles. The standard InChI is InChI=1S/C40H70O6/c1-3-5-7-9-11-13-15-17-19-21-23-25-27-33(41)31-37-35(39(43)44)29-30-36(40(45)46)38(37)32-34(42)28-26-24-22-20-18-16-14-12-10-8-6-4-2/h29-30,33-34,41-42H,3-28,31-32H2,1-2H3,(H,43,44)(H,45,46). The predicted molar refractivity (Wildman–Crippen MR) is 191 cm³/mol. The highest BCUT2D eigenvalue weighted by Crippen LogP contribution is 2.26. The van der Waals surface area contributed by atoms with Crippen molar-refractivity contribution in [1.29, 1.82) is 0 Å². The van der Waals surface area contributed by atoms with Gasteiger partial charge in [-0.2, -0.15) is 0 Å². The molecule has 0 heterocycles. The molecule has 0 saturated heterocycles. The number of aromatic carboxylic acids is 2. The normalized spacial score (nSPS) is 12.8.